The van der Waals surface area contributed by atoms with E-state index in [0.29, 0.717) is 29.6 Å². The van der Waals surface area contributed by atoms with Gasteiger partial charge in [0.1, 0.15) is 5.82 Å². The predicted molar refractivity (Wildman–Crippen MR) is 135 cm³/mol. The van der Waals surface area contributed by atoms with Crippen LogP contribution in [0.2, 0.25) is 5.02 Å². The molecule has 3 aromatic rings. The molecule has 0 aliphatic heterocycles. The van der Waals surface area contributed by atoms with Crippen LogP contribution in [0.3, 0.4) is 0 Å². The quantitative estimate of drug-likeness (QED) is 0.514. The predicted octanol–water partition coefficient (Wildman–Crippen LogP) is 4.27. The summed E-state index contributed by atoms with van der Waals surface area (Å²) < 4.78 is 23.4. The van der Waals surface area contributed by atoms with E-state index in [1.54, 1.807) is 12.1 Å². The second-order valence-corrected chi connectivity index (χ2v) is 11.3. The van der Waals surface area contributed by atoms with Gasteiger partial charge in [-0.3, -0.25) is 0 Å². The van der Waals surface area contributed by atoms with Gasteiger partial charge in [0, 0.05) is 49.4 Å². The largest absolute Gasteiger partial charge is 0.362 e. The third-order valence-corrected chi connectivity index (χ3v) is 7.56. The number of para-hydroxylation sites is 1. The fourth-order valence-electron chi connectivity index (χ4n) is 4.25. The average molecular weight is 488 g/mol. The number of fused-ring (bicyclic) bond motifs is 1. The molecule has 176 valence electrons. The molecule has 2 N–H and O–H groups in total. The van der Waals surface area contributed by atoms with Gasteiger partial charge in [-0.15, -0.1) is 0 Å². The summed E-state index contributed by atoms with van der Waals surface area (Å²) >= 11 is 6.31. The van der Waals surface area contributed by atoms with Gasteiger partial charge in [-0.1, -0.05) is 29.8 Å². The van der Waals surface area contributed by atoms with Gasteiger partial charge in [-0.05, 0) is 55.5 Å². The molecule has 0 atom stereocenters. The number of hydrogen-bond acceptors (Lipinski definition) is 7. The van der Waals surface area contributed by atoms with E-state index in [1.807, 2.05) is 43.3 Å². The van der Waals surface area contributed by atoms with Crippen LogP contribution in [0, 0.1) is 0 Å². The fourth-order valence-corrected chi connectivity index (χ4v) is 5.21. The van der Waals surface area contributed by atoms with Gasteiger partial charge in [-0.25, -0.2) is 13.4 Å². The van der Waals surface area contributed by atoms with Crippen molar-refractivity contribution in [3.05, 3.63) is 53.1 Å². The van der Waals surface area contributed by atoms with Crippen molar-refractivity contribution in [3.63, 3.8) is 0 Å². The number of aromatic nitrogens is 2. The standard InChI is InChI=1S/C24H30ClN5O2S/c1-30(2)23-20-6-4-5-7-22(20)28-24(29-23)27-18-11-9-17(10-12-18)26-15-16-8-13-19(14-21(16)25)33(3,31)32/h4-8,13-14,17-18,26H,9-12,15H2,1-3H3,(H,27,28,29)/t17-,18+. The van der Waals surface area contributed by atoms with Crippen molar-refractivity contribution in [2.45, 2.75) is 49.2 Å². The summed E-state index contributed by atoms with van der Waals surface area (Å²) in [7, 11) is 0.739. The van der Waals surface area contributed by atoms with E-state index in [-0.39, 0.29) is 4.90 Å². The summed E-state index contributed by atoms with van der Waals surface area (Å²) in [5.74, 6) is 1.59. The van der Waals surface area contributed by atoms with Gasteiger partial charge in [-0.2, -0.15) is 4.98 Å². The first-order chi connectivity index (χ1) is 15.7. The molecule has 0 spiro atoms. The van der Waals surface area contributed by atoms with Crippen molar-refractivity contribution in [2.75, 3.05) is 30.6 Å². The molecule has 1 aromatic heterocycles. The molecule has 1 saturated carbocycles. The second kappa shape index (κ2) is 9.83. The lowest BCUT2D eigenvalue weighted by atomic mass is 9.91. The number of nitrogens with one attached hydrogen (secondary N) is 2. The lowest BCUT2D eigenvalue weighted by Gasteiger charge is -2.30. The molecular formula is C24H30ClN5O2S. The van der Waals surface area contributed by atoms with Crippen molar-refractivity contribution in [2.24, 2.45) is 0 Å². The Bertz CT molecular complexity index is 1240. The Morgan fingerprint density at radius 2 is 1.73 bits per heavy atom. The molecule has 0 saturated heterocycles. The van der Waals surface area contributed by atoms with Gasteiger partial charge >= 0.3 is 0 Å². The van der Waals surface area contributed by atoms with E-state index in [4.69, 9.17) is 21.6 Å². The van der Waals surface area contributed by atoms with Crippen LogP contribution in [-0.2, 0) is 16.4 Å². The summed E-state index contributed by atoms with van der Waals surface area (Å²) in [6.45, 7) is 0.617. The molecule has 1 aliphatic carbocycles. The zero-order valence-electron chi connectivity index (χ0n) is 19.2. The Labute approximate surface area is 200 Å². The molecule has 2 aromatic carbocycles. The van der Waals surface area contributed by atoms with Gasteiger partial charge in [0.15, 0.2) is 9.84 Å². The zero-order valence-corrected chi connectivity index (χ0v) is 20.7. The minimum absolute atomic E-state index is 0.246. The molecule has 0 unspecified atom stereocenters. The highest BCUT2D eigenvalue weighted by Crippen LogP contribution is 2.27. The van der Waals surface area contributed by atoms with Crippen LogP contribution < -0.4 is 15.5 Å². The molecule has 33 heavy (non-hydrogen) atoms. The van der Waals surface area contributed by atoms with E-state index < -0.39 is 9.84 Å². The third kappa shape index (κ3) is 5.75. The molecular weight excluding hydrogens is 458 g/mol. The number of halogens is 1. The number of rotatable bonds is 7. The van der Waals surface area contributed by atoms with Crippen molar-refractivity contribution < 1.29 is 8.42 Å². The van der Waals surface area contributed by atoms with Crippen molar-refractivity contribution in [1.29, 1.82) is 0 Å². The number of hydrogen-bond donors (Lipinski definition) is 2. The van der Waals surface area contributed by atoms with Crippen LogP contribution >= 0.6 is 11.6 Å². The maximum absolute atomic E-state index is 11.7. The molecule has 9 heteroatoms. The molecule has 4 rings (SSSR count). The highest BCUT2D eigenvalue weighted by Gasteiger charge is 2.22. The van der Waals surface area contributed by atoms with Gasteiger partial charge in [0.05, 0.1) is 10.4 Å². The molecule has 0 radical (unpaired) electrons. The van der Waals surface area contributed by atoms with Crippen molar-refractivity contribution >= 4 is 44.1 Å². The molecule has 0 bridgehead atoms. The topological polar surface area (TPSA) is 87.2 Å². The van der Waals surface area contributed by atoms with Gasteiger partial charge in [0.2, 0.25) is 5.95 Å². The second-order valence-electron chi connectivity index (χ2n) is 8.88. The van der Waals surface area contributed by atoms with E-state index in [0.717, 1.165) is 48.0 Å². The van der Waals surface area contributed by atoms with Crippen LogP contribution in [-0.4, -0.2) is 50.8 Å². The Morgan fingerprint density at radius 1 is 1.03 bits per heavy atom. The lowest BCUT2D eigenvalue weighted by molar-refractivity contribution is 0.352. The average Bonchev–Trinajstić information content (AvgIpc) is 2.78. The van der Waals surface area contributed by atoms with E-state index >= 15 is 0 Å². The molecule has 1 aliphatic rings. The highest BCUT2D eigenvalue weighted by atomic mass is 35.5. The van der Waals surface area contributed by atoms with Gasteiger partial charge in [0.25, 0.3) is 0 Å². The summed E-state index contributed by atoms with van der Waals surface area (Å²) in [6, 6.07) is 13.7. The summed E-state index contributed by atoms with van der Waals surface area (Å²) in [6.07, 6.45) is 5.29. The molecule has 1 fully saturated rings. The number of benzene rings is 2. The molecule has 7 nitrogen and oxygen atoms in total. The zero-order chi connectivity index (χ0) is 23.6. The SMILES string of the molecule is CN(C)c1nc(N[C@H]2CC[C@@H](NCc3ccc(S(C)(=O)=O)cc3Cl)CC2)nc2ccccc12. The Morgan fingerprint density at radius 3 is 2.39 bits per heavy atom. The van der Waals surface area contributed by atoms with Crippen LogP contribution in [0.25, 0.3) is 10.9 Å². The Kier molecular flexibility index (Phi) is 7.07. The first-order valence-electron chi connectivity index (χ1n) is 11.1. The van der Waals surface area contributed by atoms with Gasteiger partial charge < -0.3 is 15.5 Å². The number of sulfone groups is 1. The van der Waals surface area contributed by atoms with Crippen LogP contribution in [0.5, 0.6) is 0 Å². The normalized spacial score (nSPS) is 18.9. The Hall–Kier alpha value is -2.42. The number of nitrogens with zero attached hydrogens (tertiary/aromatic N) is 3. The van der Waals surface area contributed by atoms with E-state index in [1.165, 1.54) is 12.3 Å². The number of anilines is 2. The Balaban J connectivity index is 1.33. The highest BCUT2D eigenvalue weighted by molar-refractivity contribution is 7.90. The molecule has 0 amide bonds. The maximum atomic E-state index is 11.7. The van der Waals surface area contributed by atoms with Crippen LogP contribution in [0.1, 0.15) is 31.2 Å². The first-order valence-corrected chi connectivity index (χ1v) is 13.4. The van der Waals surface area contributed by atoms with E-state index in [2.05, 4.69) is 10.6 Å². The van der Waals surface area contributed by atoms with Crippen molar-refractivity contribution in [1.82, 2.24) is 15.3 Å². The third-order valence-electron chi connectivity index (χ3n) is 6.10. The summed E-state index contributed by atoms with van der Waals surface area (Å²) in [5, 5.41) is 8.63. The minimum atomic E-state index is -3.25. The monoisotopic (exact) mass is 487 g/mol. The molecule has 1 heterocycles. The fraction of sp³-hybridized carbons (Fsp3) is 0.417. The summed E-state index contributed by atoms with van der Waals surface area (Å²) in [5.41, 5.74) is 1.85. The van der Waals surface area contributed by atoms with E-state index in [9.17, 15) is 8.42 Å². The minimum Gasteiger partial charge on any atom is -0.362 e. The summed E-state index contributed by atoms with van der Waals surface area (Å²) in [4.78, 5) is 11.7. The van der Waals surface area contributed by atoms with Crippen LogP contribution in [0.4, 0.5) is 11.8 Å². The maximum Gasteiger partial charge on any atom is 0.225 e. The van der Waals surface area contributed by atoms with Crippen LogP contribution in [0.15, 0.2) is 47.4 Å². The first kappa shape index (κ1) is 23.7. The lowest BCUT2D eigenvalue weighted by Crippen LogP contribution is -2.37. The van der Waals surface area contributed by atoms with Crippen molar-refractivity contribution in [3.8, 4) is 0 Å². The smallest absolute Gasteiger partial charge is 0.225 e.